The molecule has 2 aliphatic rings. The van der Waals surface area contributed by atoms with Crippen molar-refractivity contribution in [1.29, 1.82) is 0 Å². The predicted octanol–water partition coefficient (Wildman–Crippen LogP) is 3.41. The fourth-order valence-electron chi connectivity index (χ4n) is 2.16. The second kappa shape index (κ2) is 4.04. The van der Waals surface area contributed by atoms with Crippen LogP contribution >= 0.6 is 0 Å². The molecule has 16 heavy (non-hydrogen) atoms. The van der Waals surface area contributed by atoms with E-state index in [1.54, 1.807) is 0 Å². The van der Waals surface area contributed by atoms with E-state index in [2.05, 4.69) is 25.1 Å². The van der Waals surface area contributed by atoms with Crippen LogP contribution in [0.3, 0.4) is 0 Å². The maximum absolute atomic E-state index is 5.52. The molecule has 0 aromatic heterocycles. The zero-order chi connectivity index (χ0) is 11.0. The molecule has 0 radical (unpaired) electrons. The molecule has 3 rings (SSSR count). The van der Waals surface area contributed by atoms with E-state index < -0.39 is 0 Å². The lowest BCUT2D eigenvalue weighted by atomic mass is 10.00. The van der Waals surface area contributed by atoms with Gasteiger partial charge in [-0.05, 0) is 36.8 Å². The van der Waals surface area contributed by atoms with Crippen LogP contribution in [0.15, 0.2) is 42.0 Å². The maximum Gasteiger partial charge on any atom is 0.139 e. The Balaban J connectivity index is 1.80. The number of rotatable bonds is 2. The Labute approximate surface area is 95.8 Å². The molecule has 1 saturated carbocycles. The molecule has 0 saturated heterocycles. The molecule has 1 fully saturated rings. The van der Waals surface area contributed by atoms with Crippen LogP contribution in [0.4, 0.5) is 0 Å². The van der Waals surface area contributed by atoms with Crippen LogP contribution in [0.25, 0.3) is 0 Å². The van der Waals surface area contributed by atoms with Gasteiger partial charge in [-0.2, -0.15) is 0 Å². The summed E-state index contributed by atoms with van der Waals surface area (Å²) in [5, 5.41) is 0. The average Bonchev–Trinajstić information content (AvgIpc) is 3.14. The van der Waals surface area contributed by atoms with E-state index in [4.69, 9.17) is 9.78 Å². The van der Waals surface area contributed by atoms with Crippen molar-refractivity contribution in [1.82, 2.24) is 0 Å². The van der Waals surface area contributed by atoms with Crippen molar-refractivity contribution >= 4 is 0 Å². The lowest BCUT2D eigenvalue weighted by Crippen LogP contribution is -2.22. The highest BCUT2D eigenvalue weighted by molar-refractivity contribution is 5.27. The van der Waals surface area contributed by atoms with E-state index in [1.165, 1.54) is 18.4 Å². The van der Waals surface area contributed by atoms with Crippen molar-refractivity contribution in [2.75, 3.05) is 0 Å². The summed E-state index contributed by atoms with van der Waals surface area (Å²) in [7, 11) is 0. The second-order valence-electron chi connectivity index (χ2n) is 4.70. The molecule has 1 aliphatic heterocycles. The van der Waals surface area contributed by atoms with E-state index in [0.717, 1.165) is 5.56 Å². The van der Waals surface area contributed by atoms with Gasteiger partial charge < -0.3 is 0 Å². The molecule has 1 aliphatic carbocycles. The lowest BCUT2D eigenvalue weighted by molar-refractivity contribution is -0.348. The van der Waals surface area contributed by atoms with Crippen LogP contribution in [0.5, 0.6) is 0 Å². The Morgan fingerprint density at radius 1 is 1.06 bits per heavy atom. The summed E-state index contributed by atoms with van der Waals surface area (Å²) in [4.78, 5) is 11.0. The molecule has 0 spiro atoms. The van der Waals surface area contributed by atoms with E-state index in [1.807, 2.05) is 18.2 Å². The van der Waals surface area contributed by atoms with Gasteiger partial charge in [0.05, 0.1) is 0 Å². The largest absolute Gasteiger partial charge is 0.228 e. The third kappa shape index (κ3) is 1.91. The second-order valence-corrected chi connectivity index (χ2v) is 4.70. The van der Waals surface area contributed by atoms with Crippen molar-refractivity contribution in [3.05, 3.63) is 47.5 Å². The predicted molar refractivity (Wildman–Crippen MR) is 61.6 cm³/mol. The molecule has 2 nitrogen and oxygen atoms in total. The quantitative estimate of drug-likeness (QED) is 0.557. The third-order valence-electron chi connectivity index (χ3n) is 3.29. The van der Waals surface area contributed by atoms with E-state index >= 15 is 0 Å². The molecule has 0 amide bonds. The minimum Gasteiger partial charge on any atom is -0.228 e. The molecule has 84 valence electrons. The third-order valence-corrected chi connectivity index (χ3v) is 3.29. The first-order chi connectivity index (χ1) is 7.84. The smallest absolute Gasteiger partial charge is 0.139 e. The van der Waals surface area contributed by atoms with Crippen molar-refractivity contribution in [2.24, 2.45) is 5.92 Å². The highest BCUT2D eigenvalue weighted by atomic mass is 17.2. The molecule has 0 N–H and O–H groups in total. The summed E-state index contributed by atoms with van der Waals surface area (Å²) in [6, 6.07) is 10.2. The van der Waals surface area contributed by atoms with Crippen molar-refractivity contribution in [2.45, 2.75) is 32.0 Å². The minimum atomic E-state index is -0.0313. The minimum absolute atomic E-state index is 0.0313. The Morgan fingerprint density at radius 2 is 1.81 bits per heavy atom. The van der Waals surface area contributed by atoms with Gasteiger partial charge in [-0.1, -0.05) is 36.4 Å². The van der Waals surface area contributed by atoms with E-state index in [-0.39, 0.29) is 12.2 Å². The van der Waals surface area contributed by atoms with Crippen molar-refractivity contribution in [3.8, 4) is 0 Å². The first-order valence-corrected chi connectivity index (χ1v) is 5.90. The summed E-state index contributed by atoms with van der Waals surface area (Å²) >= 11 is 0. The van der Waals surface area contributed by atoms with Crippen LogP contribution in [-0.2, 0) is 9.78 Å². The van der Waals surface area contributed by atoms with Gasteiger partial charge in [0.2, 0.25) is 0 Å². The lowest BCUT2D eigenvalue weighted by Gasteiger charge is -2.26. The molecular weight excluding hydrogens is 200 g/mol. The molecular formula is C14H16O2. The number of hydrogen-bond donors (Lipinski definition) is 0. The molecule has 2 heteroatoms. The normalized spacial score (nSPS) is 29.9. The summed E-state index contributed by atoms with van der Waals surface area (Å²) < 4.78 is 0. The highest BCUT2D eigenvalue weighted by Gasteiger charge is 2.35. The molecule has 1 aromatic carbocycles. The van der Waals surface area contributed by atoms with Gasteiger partial charge in [0.1, 0.15) is 12.2 Å². The van der Waals surface area contributed by atoms with Gasteiger partial charge in [-0.3, -0.25) is 0 Å². The zero-order valence-electron chi connectivity index (χ0n) is 9.43. The van der Waals surface area contributed by atoms with Gasteiger partial charge in [0, 0.05) is 0 Å². The van der Waals surface area contributed by atoms with Crippen LogP contribution in [0.2, 0.25) is 0 Å². The van der Waals surface area contributed by atoms with Crippen LogP contribution in [-0.4, -0.2) is 6.10 Å². The molecule has 2 atom stereocenters. The fraction of sp³-hybridized carbons (Fsp3) is 0.429. The molecule has 1 aromatic rings. The number of hydrogen-bond acceptors (Lipinski definition) is 2. The maximum atomic E-state index is 5.52. The Bertz CT molecular complexity index is 392. The SMILES string of the molecule is CC1=CC(C2CC2)OO[C@H]1c1ccccc1. The topological polar surface area (TPSA) is 18.5 Å². The van der Waals surface area contributed by atoms with E-state index in [0.29, 0.717) is 5.92 Å². The summed E-state index contributed by atoms with van der Waals surface area (Å²) in [6.07, 6.45) is 4.91. The zero-order valence-corrected chi connectivity index (χ0v) is 9.43. The Morgan fingerprint density at radius 3 is 2.44 bits per heavy atom. The van der Waals surface area contributed by atoms with E-state index in [9.17, 15) is 0 Å². The van der Waals surface area contributed by atoms with Crippen molar-refractivity contribution in [3.63, 3.8) is 0 Å². The Kier molecular flexibility index (Phi) is 2.54. The van der Waals surface area contributed by atoms with Gasteiger partial charge in [-0.15, -0.1) is 0 Å². The standard InChI is InChI=1S/C14H16O2/c1-10-9-13(11-7-8-11)15-16-14(10)12-5-3-2-4-6-12/h2-6,9,11,13-14H,7-8H2,1H3/t13?,14-/m1/s1. The summed E-state index contributed by atoms with van der Waals surface area (Å²) in [6.45, 7) is 2.12. The number of benzene rings is 1. The summed E-state index contributed by atoms with van der Waals surface area (Å²) in [5.41, 5.74) is 2.42. The first kappa shape index (κ1) is 10.1. The van der Waals surface area contributed by atoms with Crippen LogP contribution in [0.1, 0.15) is 31.4 Å². The molecule has 0 bridgehead atoms. The van der Waals surface area contributed by atoms with Crippen molar-refractivity contribution < 1.29 is 9.78 Å². The van der Waals surface area contributed by atoms with Gasteiger partial charge in [0.15, 0.2) is 0 Å². The summed E-state index contributed by atoms with van der Waals surface area (Å²) in [5.74, 6) is 0.687. The van der Waals surface area contributed by atoms with Crippen LogP contribution in [0, 0.1) is 5.92 Å². The fourth-order valence-corrected chi connectivity index (χ4v) is 2.16. The monoisotopic (exact) mass is 216 g/mol. The van der Waals surface area contributed by atoms with Crippen LogP contribution < -0.4 is 0 Å². The van der Waals surface area contributed by atoms with Gasteiger partial charge in [0.25, 0.3) is 0 Å². The Hall–Kier alpha value is -1.12. The molecule has 1 unspecified atom stereocenters. The van der Waals surface area contributed by atoms with Gasteiger partial charge >= 0.3 is 0 Å². The highest BCUT2D eigenvalue weighted by Crippen LogP contribution is 2.40. The van der Waals surface area contributed by atoms with Gasteiger partial charge in [-0.25, -0.2) is 9.78 Å². The first-order valence-electron chi connectivity index (χ1n) is 5.90. The average molecular weight is 216 g/mol. The molecule has 1 heterocycles.